The Balaban J connectivity index is 1.29. The summed E-state index contributed by atoms with van der Waals surface area (Å²) in [7, 11) is 0. The smallest absolute Gasteiger partial charge is 0.229 e. The molecule has 0 aromatic carbocycles. The SMILES string of the molecule is c1cnn(-c2ccc(CNc3nc(N4CCNCC4)nc4c3ncn4C3CCCC3)cn2)c1. The summed E-state index contributed by atoms with van der Waals surface area (Å²) < 4.78 is 4.02. The molecule has 0 bridgehead atoms. The third-order valence-electron chi connectivity index (χ3n) is 6.54. The molecule has 33 heavy (non-hydrogen) atoms. The van der Waals surface area contributed by atoms with Crippen molar-refractivity contribution in [2.75, 3.05) is 36.4 Å². The minimum absolute atomic E-state index is 0.479. The fourth-order valence-electron chi connectivity index (χ4n) is 4.73. The third kappa shape index (κ3) is 4.02. The first kappa shape index (κ1) is 20.1. The van der Waals surface area contributed by atoms with Gasteiger partial charge in [-0.05, 0) is 30.5 Å². The molecule has 2 fully saturated rings. The van der Waals surface area contributed by atoms with Gasteiger partial charge in [0.05, 0.1) is 6.33 Å². The zero-order valence-electron chi connectivity index (χ0n) is 18.6. The monoisotopic (exact) mass is 444 g/mol. The van der Waals surface area contributed by atoms with Gasteiger partial charge < -0.3 is 20.1 Å². The van der Waals surface area contributed by atoms with Crippen molar-refractivity contribution >= 4 is 22.9 Å². The Labute approximate surface area is 192 Å². The van der Waals surface area contributed by atoms with Crippen molar-refractivity contribution in [2.24, 2.45) is 0 Å². The molecule has 0 radical (unpaired) electrons. The third-order valence-corrected chi connectivity index (χ3v) is 6.54. The second kappa shape index (κ2) is 8.78. The van der Waals surface area contributed by atoms with Crippen LogP contribution in [0.2, 0.25) is 0 Å². The average molecular weight is 445 g/mol. The molecule has 0 unspecified atom stereocenters. The van der Waals surface area contributed by atoms with Gasteiger partial charge >= 0.3 is 0 Å². The largest absolute Gasteiger partial charge is 0.364 e. The minimum Gasteiger partial charge on any atom is -0.364 e. The first-order valence-electron chi connectivity index (χ1n) is 11.7. The average Bonchev–Trinajstić information content (AvgIpc) is 3.65. The number of pyridine rings is 1. The van der Waals surface area contributed by atoms with Crippen molar-refractivity contribution in [3.05, 3.63) is 48.7 Å². The molecule has 5 heterocycles. The highest BCUT2D eigenvalue weighted by molar-refractivity contribution is 5.84. The molecule has 2 aliphatic rings. The molecule has 1 saturated carbocycles. The van der Waals surface area contributed by atoms with Gasteiger partial charge in [-0.3, -0.25) is 0 Å². The van der Waals surface area contributed by atoms with Crippen molar-refractivity contribution in [1.29, 1.82) is 0 Å². The van der Waals surface area contributed by atoms with Crippen LogP contribution >= 0.6 is 0 Å². The maximum Gasteiger partial charge on any atom is 0.229 e. The van der Waals surface area contributed by atoms with E-state index < -0.39 is 0 Å². The molecule has 0 atom stereocenters. The highest BCUT2D eigenvalue weighted by Crippen LogP contribution is 2.33. The summed E-state index contributed by atoms with van der Waals surface area (Å²) in [4.78, 5) is 21.4. The topological polar surface area (TPSA) is 102 Å². The molecule has 170 valence electrons. The number of nitrogens with one attached hydrogen (secondary N) is 2. The minimum atomic E-state index is 0.479. The number of anilines is 2. The highest BCUT2D eigenvalue weighted by atomic mass is 15.3. The summed E-state index contributed by atoms with van der Waals surface area (Å²) in [5.74, 6) is 2.35. The van der Waals surface area contributed by atoms with Crippen LogP contribution in [-0.2, 0) is 6.54 Å². The summed E-state index contributed by atoms with van der Waals surface area (Å²) in [6.07, 6.45) is 12.4. The molecule has 4 aromatic rings. The number of rotatable bonds is 6. The molecular weight excluding hydrogens is 416 g/mol. The zero-order valence-corrected chi connectivity index (χ0v) is 18.6. The van der Waals surface area contributed by atoms with Crippen LogP contribution in [-0.4, -0.2) is 60.5 Å². The fourth-order valence-corrected chi connectivity index (χ4v) is 4.73. The predicted molar refractivity (Wildman–Crippen MR) is 127 cm³/mol. The summed E-state index contributed by atoms with van der Waals surface area (Å²) >= 11 is 0. The van der Waals surface area contributed by atoms with Gasteiger partial charge in [0.15, 0.2) is 22.8 Å². The number of fused-ring (bicyclic) bond motifs is 1. The van der Waals surface area contributed by atoms with Crippen molar-refractivity contribution in [3.63, 3.8) is 0 Å². The maximum atomic E-state index is 4.98. The van der Waals surface area contributed by atoms with E-state index in [0.29, 0.717) is 12.6 Å². The zero-order chi connectivity index (χ0) is 22.0. The van der Waals surface area contributed by atoms with Crippen LogP contribution in [0.1, 0.15) is 37.3 Å². The van der Waals surface area contributed by atoms with Crippen LogP contribution in [0.4, 0.5) is 11.8 Å². The number of nitrogens with zero attached hydrogens (tertiary/aromatic N) is 8. The normalized spacial score (nSPS) is 17.2. The van der Waals surface area contributed by atoms with Gasteiger partial charge in [-0.2, -0.15) is 15.1 Å². The quantitative estimate of drug-likeness (QED) is 0.468. The Kier molecular flexibility index (Phi) is 5.35. The van der Waals surface area contributed by atoms with Crippen molar-refractivity contribution in [2.45, 2.75) is 38.3 Å². The lowest BCUT2D eigenvalue weighted by Gasteiger charge is -2.27. The molecule has 6 rings (SSSR count). The van der Waals surface area contributed by atoms with Gasteiger partial charge in [0, 0.05) is 57.4 Å². The lowest BCUT2D eigenvalue weighted by atomic mass is 10.2. The number of piperazine rings is 1. The second-order valence-electron chi connectivity index (χ2n) is 8.70. The van der Waals surface area contributed by atoms with Crippen molar-refractivity contribution in [3.8, 4) is 5.82 Å². The van der Waals surface area contributed by atoms with Crippen LogP contribution in [0.5, 0.6) is 0 Å². The van der Waals surface area contributed by atoms with Crippen LogP contribution in [0.15, 0.2) is 43.1 Å². The maximum absolute atomic E-state index is 4.98. The van der Waals surface area contributed by atoms with Gasteiger partial charge in [0.25, 0.3) is 0 Å². The molecule has 1 aliphatic carbocycles. The number of imidazole rings is 1. The van der Waals surface area contributed by atoms with E-state index in [1.165, 1.54) is 25.7 Å². The summed E-state index contributed by atoms with van der Waals surface area (Å²) in [6, 6.07) is 6.40. The van der Waals surface area contributed by atoms with E-state index in [1.54, 1.807) is 10.9 Å². The predicted octanol–water partition coefficient (Wildman–Crippen LogP) is 2.54. The van der Waals surface area contributed by atoms with E-state index in [4.69, 9.17) is 15.0 Å². The molecule has 10 nitrogen and oxygen atoms in total. The Morgan fingerprint density at radius 1 is 1.06 bits per heavy atom. The summed E-state index contributed by atoms with van der Waals surface area (Å²) in [5.41, 5.74) is 2.83. The standard InChI is InChI=1S/C23H28N10/c1-2-5-18(4-1)32-16-27-20-21(29-23(30-22(20)32)31-12-9-24-10-13-31)26-15-17-6-7-19(25-14-17)33-11-3-8-28-33/h3,6-8,11,14,16,18,24H,1-2,4-5,9-10,12-13,15H2,(H,26,29,30). The van der Waals surface area contributed by atoms with E-state index in [1.807, 2.05) is 30.9 Å². The van der Waals surface area contributed by atoms with E-state index in [0.717, 1.165) is 60.5 Å². The molecule has 0 spiro atoms. The van der Waals surface area contributed by atoms with Crippen LogP contribution in [0.25, 0.3) is 17.0 Å². The molecule has 2 N–H and O–H groups in total. The molecule has 10 heteroatoms. The van der Waals surface area contributed by atoms with Crippen LogP contribution < -0.4 is 15.5 Å². The summed E-state index contributed by atoms with van der Waals surface area (Å²) in [6.45, 7) is 4.30. The van der Waals surface area contributed by atoms with Crippen molar-refractivity contribution < 1.29 is 0 Å². The fraction of sp³-hybridized carbons (Fsp3) is 0.435. The van der Waals surface area contributed by atoms with E-state index in [9.17, 15) is 0 Å². The lowest BCUT2D eigenvalue weighted by Crippen LogP contribution is -2.44. The molecule has 1 aliphatic heterocycles. The van der Waals surface area contributed by atoms with Gasteiger partial charge in [-0.15, -0.1) is 0 Å². The van der Waals surface area contributed by atoms with Gasteiger partial charge in [0.2, 0.25) is 5.95 Å². The Bertz CT molecular complexity index is 1200. The Morgan fingerprint density at radius 2 is 1.94 bits per heavy atom. The Morgan fingerprint density at radius 3 is 2.70 bits per heavy atom. The van der Waals surface area contributed by atoms with Crippen LogP contribution in [0, 0.1) is 0 Å². The second-order valence-corrected chi connectivity index (χ2v) is 8.70. The molecular formula is C23H28N10. The molecule has 0 amide bonds. The van der Waals surface area contributed by atoms with Gasteiger partial charge in [-0.1, -0.05) is 18.9 Å². The van der Waals surface area contributed by atoms with Gasteiger partial charge in [0.1, 0.15) is 0 Å². The number of aromatic nitrogens is 7. The first-order valence-corrected chi connectivity index (χ1v) is 11.7. The summed E-state index contributed by atoms with van der Waals surface area (Å²) in [5, 5.41) is 11.1. The van der Waals surface area contributed by atoms with Gasteiger partial charge in [-0.25, -0.2) is 14.6 Å². The Hall–Kier alpha value is -3.53. The van der Waals surface area contributed by atoms with Crippen LogP contribution in [0.3, 0.4) is 0 Å². The molecule has 4 aromatic heterocycles. The van der Waals surface area contributed by atoms with E-state index in [-0.39, 0.29) is 0 Å². The number of hydrogen-bond donors (Lipinski definition) is 2. The van der Waals surface area contributed by atoms with E-state index >= 15 is 0 Å². The lowest BCUT2D eigenvalue weighted by molar-refractivity contribution is 0.528. The van der Waals surface area contributed by atoms with E-state index in [2.05, 4.69) is 36.2 Å². The molecule has 1 saturated heterocycles. The highest BCUT2D eigenvalue weighted by Gasteiger charge is 2.23. The van der Waals surface area contributed by atoms with Crippen molar-refractivity contribution in [1.82, 2.24) is 39.6 Å². The number of hydrogen-bond acceptors (Lipinski definition) is 8. The first-order chi connectivity index (χ1) is 16.3.